The number of nitriles is 1. The largest absolute Gasteiger partial charge is 0.449 e. The third-order valence-electron chi connectivity index (χ3n) is 24.9. The molecule has 6 atom stereocenters. The van der Waals surface area contributed by atoms with Gasteiger partial charge in [0.15, 0.2) is 0 Å². The lowest BCUT2D eigenvalue weighted by Gasteiger charge is -2.45. The Balaban J connectivity index is 0.000000278. The van der Waals surface area contributed by atoms with Crippen LogP contribution in [-0.2, 0) is 39.9 Å². The number of H-pyrrole nitrogens is 5. The lowest BCUT2D eigenvalue weighted by molar-refractivity contribution is -0.00940. The lowest BCUT2D eigenvalue weighted by atomic mass is 9.62. The van der Waals surface area contributed by atoms with Gasteiger partial charge in [0, 0.05) is 92.1 Å². The second kappa shape index (κ2) is 57.7. The van der Waals surface area contributed by atoms with E-state index in [4.69, 9.17) is 14.7 Å². The number of aliphatic imine (C=N–C) groups is 5. The summed E-state index contributed by atoms with van der Waals surface area (Å²) in [6.45, 7) is 32.7. The molecule has 0 bridgehead atoms. The molecule has 0 aromatic carbocycles. The fourth-order valence-electron chi connectivity index (χ4n) is 19.8. The van der Waals surface area contributed by atoms with Gasteiger partial charge in [-0.1, -0.05) is 102 Å². The summed E-state index contributed by atoms with van der Waals surface area (Å²) in [7, 11) is 0. The Bertz CT molecular complexity index is 5580. The maximum atomic E-state index is 12.8. The topological polar surface area (TPSA) is 653 Å². The van der Waals surface area contributed by atoms with Crippen molar-refractivity contribution in [2.45, 2.75) is 313 Å². The Morgan fingerprint density at radius 1 is 0.440 bits per heavy atom. The Morgan fingerprint density at radius 3 is 1.24 bits per heavy atom. The van der Waals surface area contributed by atoms with Crippen LogP contribution in [0.2, 0.25) is 0 Å². The number of carbonyl (C=O) groups excluding carboxylic acids is 11. The highest BCUT2D eigenvalue weighted by Gasteiger charge is 2.45. The number of urea groups is 5. The summed E-state index contributed by atoms with van der Waals surface area (Å²) in [6, 6.07) is 3.54. The Labute approximate surface area is 819 Å². The molecular weight excluding hydrogens is 1820 g/mol. The molecule has 0 aliphatic heterocycles. The van der Waals surface area contributed by atoms with Crippen LogP contribution in [0.4, 0.5) is 58.5 Å². The molecule has 5 aliphatic rings. The summed E-state index contributed by atoms with van der Waals surface area (Å²) >= 11 is 0. The van der Waals surface area contributed by atoms with Gasteiger partial charge in [-0.3, -0.25) is 75.5 Å². The number of aromatic amines is 5. The predicted molar refractivity (Wildman–Crippen MR) is 529 cm³/mol. The van der Waals surface area contributed by atoms with Gasteiger partial charge in [-0.2, -0.15) is 5.26 Å². The van der Waals surface area contributed by atoms with Crippen LogP contribution in [0.3, 0.4) is 0 Å². The van der Waals surface area contributed by atoms with E-state index in [1.54, 1.807) is 52.2 Å². The maximum Gasteiger partial charge on any atom is 0.407 e. The standard InChI is InChI=1S/C31H47N7O6.C20H29N5O3.C17H25N5O3.C15H23N5O3.C13H19N5O3/c1-20-23(8-9-43-27(42)34-17-30(6)11-21(35-19-39)10-28(2,3)14-30)24(40)37-25(36-20)38-26(41)33-16-31(7)13-22(44-18-32)12-29(4,5)15-31;1-13-10-18(27)24-19(22-13)25-20(28)23-17-8-4-15(5-9-17)11-14-2-6-16(7-3-14)21-12-26;1-11-5-13(24)21-14(20-11)22-15(25)18-9-17(4)7-12(19-10-23)6-16(2,3)8-17;1-11(2)12-9-13(22)19-14(18-12)20-15(23)17-8-6-4-3-5-7-16-10-21;1-10-8-11(20)17-12(16-10)18-13(21)15-7-5-3-2-4-6-14-9-19/h21-22H,8-17H2,1-7H3,(H,34,42)(H3,33,36,37,38,40,41);10,14-17H,2-9,11H2,1H3,(H3,22,23,24,25,27,28);5,12H,6-9H2,1-4H3,(H3,18,20,21,22,24,25);9,11H,3-8H2,1-2H3,(H3,17,18,19,20,22,23);8H,2-7H2,1H3,(H3,15,16,17,18,20,21). The van der Waals surface area contributed by atoms with Crippen LogP contribution in [-0.4, -0.2) is 199 Å². The van der Waals surface area contributed by atoms with E-state index < -0.39 is 35.8 Å². The van der Waals surface area contributed by atoms with Crippen molar-refractivity contribution >= 4 is 96.4 Å². The first-order chi connectivity index (χ1) is 66.7. The van der Waals surface area contributed by atoms with Gasteiger partial charge in [0.25, 0.3) is 34.1 Å². The fraction of sp³-hybridized carbons (Fsp3) is 0.667. The van der Waals surface area contributed by atoms with Crippen LogP contribution in [0.1, 0.15) is 283 Å². The monoisotopic (exact) mass is 1960 g/mol. The van der Waals surface area contributed by atoms with Gasteiger partial charge in [-0.15, -0.1) is 0 Å². The quantitative estimate of drug-likeness (QED) is 0.00766. The highest BCUT2D eigenvalue weighted by molar-refractivity contribution is 5.89. The van der Waals surface area contributed by atoms with E-state index in [9.17, 15) is 76.7 Å². The first-order valence-corrected chi connectivity index (χ1v) is 48.2. The number of carbonyl (C=O) groups is 6. The molecule has 0 saturated heterocycles. The zero-order chi connectivity index (χ0) is 104. The molecule has 5 heterocycles. The number of alkyl carbamates (subject to hydrolysis) is 1. The van der Waals surface area contributed by atoms with Crippen LogP contribution in [0, 0.1) is 83.5 Å². The molecule has 770 valence electrons. The van der Waals surface area contributed by atoms with E-state index >= 15 is 0 Å². The molecule has 6 unspecified atom stereocenters. The van der Waals surface area contributed by atoms with Crippen LogP contribution in [0.15, 0.2) is 73.2 Å². The SMILES string of the molecule is CC(C)c1cc(=O)[nH]c(NC(=O)NCCCCCCN=C=O)n1.Cc1cc(=O)[nH]c(NC(=O)NC2CCC(CC3CCC(N=C=O)CC3)CC2)n1.Cc1cc(=O)[nH]c(NC(=O)NCC2(C)CC(N=C=O)CC(C)(C)C2)n1.Cc1cc(=O)[nH]c(NC(=O)NCCCCCCN=C=O)n1.Cc1nc(NC(=O)NCC2(C)CC(OC#N)CC(C)(C)C2)[nH]c(=O)c1CCOC(=O)NCC1(C)CC(N=C=O)CC(C)(C)C1. The smallest absolute Gasteiger partial charge is 0.407 e. The third-order valence-corrected chi connectivity index (χ3v) is 24.9. The first kappa shape index (κ1) is 116. The molecule has 5 aromatic heterocycles. The number of ether oxygens (including phenoxy) is 2. The second-order valence-corrected chi connectivity index (χ2v) is 41.0. The van der Waals surface area contributed by atoms with Crippen molar-refractivity contribution in [1.29, 1.82) is 5.26 Å². The number of nitrogens with one attached hydrogen (secondary N) is 16. The number of amides is 11. The number of aromatic nitrogens is 10. The second-order valence-electron chi connectivity index (χ2n) is 41.0. The molecule has 45 nitrogen and oxygen atoms in total. The van der Waals surface area contributed by atoms with Gasteiger partial charge < -0.3 is 41.4 Å². The third kappa shape index (κ3) is 45.8. The maximum absolute atomic E-state index is 12.8. The minimum absolute atomic E-state index is 0.00750. The summed E-state index contributed by atoms with van der Waals surface area (Å²) in [5.41, 5.74) is 0.603. The van der Waals surface area contributed by atoms with Gasteiger partial charge in [-0.05, 0) is 219 Å². The van der Waals surface area contributed by atoms with Crippen molar-refractivity contribution in [2.24, 2.45) is 69.3 Å². The van der Waals surface area contributed by atoms with Crippen LogP contribution < -0.4 is 86.3 Å². The summed E-state index contributed by atoms with van der Waals surface area (Å²) in [5.74, 6) is 2.12. The Kier molecular flexibility index (Phi) is 47.4. The molecule has 5 saturated carbocycles. The fourth-order valence-corrected chi connectivity index (χ4v) is 19.8. The number of nitrogens with zero attached hydrogens (tertiary/aromatic N) is 11. The van der Waals surface area contributed by atoms with E-state index in [1.165, 1.54) is 42.8 Å². The number of isocyanates is 5. The van der Waals surface area contributed by atoms with E-state index in [0.717, 1.165) is 147 Å². The molecule has 10 rings (SSSR count). The van der Waals surface area contributed by atoms with Crippen molar-refractivity contribution in [3.63, 3.8) is 0 Å². The summed E-state index contributed by atoms with van der Waals surface area (Å²) < 4.78 is 10.6. The first-order valence-electron chi connectivity index (χ1n) is 48.2. The molecule has 45 heteroatoms. The molecule has 0 spiro atoms. The number of anilines is 5. The highest BCUT2D eigenvalue weighted by Crippen LogP contribution is 2.49. The number of hydrogen-bond acceptors (Lipinski definition) is 29. The summed E-state index contributed by atoms with van der Waals surface area (Å²) in [5, 5.41) is 38.5. The zero-order valence-electron chi connectivity index (χ0n) is 83.9. The van der Waals surface area contributed by atoms with Crippen LogP contribution in [0.5, 0.6) is 0 Å². The molecule has 16 N–H and O–H groups in total. The van der Waals surface area contributed by atoms with Gasteiger partial charge in [0.05, 0.1) is 49.2 Å². The van der Waals surface area contributed by atoms with Crippen molar-refractivity contribution in [3.05, 3.63) is 110 Å². The Hall–Kier alpha value is -13.8. The Morgan fingerprint density at radius 2 is 0.823 bits per heavy atom. The lowest BCUT2D eigenvalue weighted by Crippen LogP contribution is -2.46. The molecular formula is C96H143N27O18. The number of aryl methyl sites for hydroxylation is 4. The summed E-state index contributed by atoms with van der Waals surface area (Å²) in [4.78, 5) is 234. The highest BCUT2D eigenvalue weighted by atomic mass is 16.5. The van der Waals surface area contributed by atoms with Crippen molar-refractivity contribution in [2.75, 3.05) is 79.0 Å². The minimum atomic E-state index is -0.595. The minimum Gasteiger partial charge on any atom is -0.449 e. The van der Waals surface area contributed by atoms with Gasteiger partial charge in [0.1, 0.15) is 6.10 Å². The molecule has 11 amide bonds. The molecule has 5 aromatic rings. The average molecular weight is 1960 g/mol. The summed E-state index contributed by atoms with van der Waals surface area (Å²) in [6.07, 6.45) is 33.0. The predicted octanol–water partition coefficient (Wildman–Crippen LogP) is 12.6. The van der Waals surface area contributed by atoms with E-state index in [2.05, 4.69) is 196 Å². The van der Waals surface area contributed by atoms with Crippen molar-refractivity contribution in [3.8, 4) is 6.26 Å². The van der Waals surface area contributed by atoms with Crippen LogP contribution in [0.25, 0.3) is 0 Å². The van der Waals surface area contributed by atoms with Crippen LogP contribution >= 0.6 is 0 Å². The molecule has 141 heavy (non-hydrogen) atoms. The molecule has 0 radical (unpaired) electrons. The average Bonchev–Trinajstić information content (AvgIpc) is 0.804. The van der Waals surface area contributed by atoms with Gasteiger partial charge >= 0.3 is 36.2 Å². The van der Waals surface area contributed by atoms with E-state index in [0.29, 0.717) is 105 Å². The number of unbranched alkanes of at least 4 members (excludes halogenated alkanes) is 6. The molecule has 5 aliphatic carbocycles. The van der Waals surface area contributed by atoms with Crippen molar-refractivity contribution < 1.29 is 62.2 Å². The number of rotatable bonds is 36. The van der Waals surface area contributed by atoms with Gasteiger partial charge in [-0.25, -0.2) is 103 Å². The normalized spacial score (nSPS) is 21.5. The number of hydrogen-bond donors (Lipinski definition) is 16. The van der Waals surface area contributed by atoms with E-state index in [-0.39, 0.29) is 140 Å². The van der Waals surface area contributed by atoms with Gasteiger partial charge in [0.2, 0.25) is 60.1 Å². The van der Waals surface area contributed by atoms with Crippen molar-refractivity contribution in [1.82, 2.24) is 81.7 Å². The zero-order valence-corrected chi connectivity index (χ0v) is 83.9. The molecule has 5 fully saturated rings. The van der Waals surface area contributed by atoms with E-state index in [1.807, 2.05) is 13.8 Å².